The van der Waals surface area contributed by atoms with Crippen molar-refractivity contribution in [2.24, 2.45) is 5.73 Å². The van der Waals surface area contributed by atoms with Gasteiger partial charge in [0.25, 0.3) is 0 Å². The summed E-state index contributed by atoms with van der Waals surface area (Å²) in [7, 11) is 0. The minimum atomic E-state index is -0.947. The Labute approximate surface area is 147 Å². The summed E-state index contributed by atoms with van der Waals surface area (Å²) in [6, 6.07) is 7.03. The van der Waals surface area contributed by atoms with Crippen molar-refractivity contribution in [3.8, 4) is 5.75 Å². The van der Waals surface area contributed by atoms with Gasteiger partial charge in [0, 0.05) is 18.9 Å². The van der Waals surface area contributed by atoms with E-state index in [-0.39, 0.29) is 30.8 Å². The number of nitrogens with one attached hydrogen (secondary N) is 2. The molecular formula is C16H24ClN3O4. The normalized spacial score (nSPS) is 15.8. The van der Waals surface area contributed by atoms with Gasteiger partial charge in [0.1, 0.15) is 5.75 Å². The fraction of sp³-hybridized carbons (Fsp3) is 0.500. The summed E-state index contributed by atoms with van der Waals surface area (Å²) < 4.78 is 10.5. The quantitative estimate of drug-likeness (QED) is 0.706. The van der Waals surface area contributed by atoms with Crippen LogP contribution in [0.2, 0.25) is 0 Å². The molecule has 1 fully saturated rings. The summed E-state index contributed by atoms with van der Waals surface area (Å²) in [5.41, 5.74) is 5.74. The number of carbonyl (C=O) groups is 2. The van der Waals surface area contributed by atoms with Gasteiger partial charge in [-0.15, -0.1) is 12.4 Å². The number of ether oxygens (including phenoxy) is 2. The molecule has 1 aromatic rings. The van der Waals surface area contributed by atoms with Crippen LogP contribution in [0.4, 0.5) is 5.69 Å². The molecule has 0 unspecified atom stereocenters. The molecule has 8 heteroatoms. The van der Waals surface area contributed by atoms with Gasteiger partial charge in [0.15, 0.2) is 0 Å². The van der Waals surface area contributed by atoms with Gasteiger partial charge in [0.2, 0.25) is 11.8 Å². The van der Waals surface area contributed by atoms with Gasteiger partial charge in [-0.2, -0.15) is 0 Å². The highest BCUT2D eigenvalue weighted by Gasteiger charge is 2.35. The fourth-order valence-electron chi connectivity index (χ4n) is 2.31. The molecule has 0 atom stereocenters. The molecule has 0 saturated carbocycles. The second-order valence-corrected chi connectivity index (χ2v) is 5.46. The third-order valence-corrected chi connectivity index (χ3v) is 3.70. The van der Waals surface area contributed by atoms with E-state index in [2.05, 4.69) is 10.6 Å². The maximum absolute atomic E-state index is 12.1. The highest BCUT2D eigenvalue weighted by Crippen LogP contribution is 2.18. The van der Waals surface area contributed by atoms with E-state index in [1.54, 1.807) is 24.3 Å². The molecule has 2 rings (SSSR count). The Morgan fingerprint density at radius 1 is 1.25 bits per heavy atom. The lowest BCUT2D eigenvalue weighted by Crippen LogP contribution is -2.57. The number of carbonyl (C=O) groups excluding carboxylic acids is 2. The van der Waals surface area contributed by atoms with Gasteiger partial charge in [-0.1, -0.05) is 0 Å². The molecule has 1 aliphatic rings. The van der Waals surface area contributed by atoms with Crippen LogP contribution in [0.3, 0.4) is 0 Å². The average molecular weight is 358 g/mol. The van der Waals surface area contributed by atoms with Crippen molar-refractivity contribution in [1.29, 1.82) is 0 Å². The maximum Gasteiger partial charge on any atom is 0.243 e. The zero-order chi connectivity index (χ0) is 16.7. The average Bonchev–Trinajstić information content (AvgIpc) is 2.55. The number of hydrogen-bond donors (Lipinski definition) is 3. The Morgan fingerprint density at radius 3 is 2.46 bits per heavy atom. The van der Waals surface area contributed by atoms with Gasteiger partial charge in [-0.3, -0.25) is 9.59 Å². The van der Waals surface area contributed by atoms with E-state index in [1.165, 1.54) is 0 Å². The zero-order valence-electron chi connectivity index (χ0n) is 13.7. The molecule has 2 amide bonds. The molecule has 0 radical (unpaired) electrons. The zero-order valence-corrected chi connectivity index (χ0v) is 14.5. The lowest BCUT2D eigenvalue weighted by Gasteiger charge is -2.31. The summed E-state index contributed by atoms with van der Waals surface area (Å²) >= 11 is 0. The van der Waals surface area contributed by atoms with Crippen LogP contribution >= 0.6 is 12.4 Å². The molecular weight excluding hydrogens is 334 g/mol. The molecule has 7 nitrogen and oxygen atoms in total. The Morgan fingerprint density at radius 2 is 1.88 bits per heavy atom. The molecule has 0 aromatic heterocycles. The van der Waals surface area contributed by atoms with Crippen LogP contribution in [0.5, 0.6) is 5.75 Å². The third-order valence-electron chi connectivity index (χ3n) is 3.70. The monoisotopic (exact) mass is 357 g/mol. The Balaban J connectivity index is 0.00000288. The number of rotatable bonds is 6. The van der Waals surface area contributed by atoms with Crippen molar-refractivity contribution < 1.29 is 19.1 Å². The smallest absolute Gasteiger partial charge is 0.243 e. The molecule has 4 N–H and O–H groups in total. The van der Waals surface area contributed by atoms with Gasteiger partial charge in [-0.25, -0.2) is 0 Å². The fourth-order valence-corrected chi connectivity index (χ4v) is 2.31. The molecule has 0 bridgehead atoms. The lowest BCUT2D eigenvalue weighted by atomic mass is 9.90. The molecule has 1 saturated heterocycles. The van der Waals surface area contributed by atoms with Crippen molar-refractivity contribution in [3.63, 3.8) is 0 Å². The Kier molecular flexibility index (Phi) is 7.97. The standard InChI is InChI=1S/C16H23N3O4.ClH/c1-2-23-13-5-3-12(4-6-13)19-14(20)11-18-15(21)16(17)7-9-22-10-8-16;/h3-6H,2,7-11,17H2,1H3,(H,18,21)(H,19,20);1H. The summed E-state index contributed by atoms with van der Waals surface area (Å²) in [6.07, 6.45) is 0.915. The van der Waals surface area contributed by atoms with E-state index < -0.39 is 5.54 Å². The molecule has 1 aromatic carbocycles. The number of nitrogens with two attached hydrogens (primary N) is 1. The number of amides is 2. The molecule has 1 heterocycles. The first-order valence-corrected chi connectivity index (χ1v) is 7.71. The number of benzene rings is 1. The van der Waals surface area contributed by atoms with Crippen LogP contribution in [0.1, 0.15) is 19.8 Å². The summed E-state index contributed by atoms with van der Waals surface area (Å²) in [4.78, 5) is 24.0. The minimum Gasteiger partial charge on any atom is -0.494 e. The van der Waals surface area contributed by atoms with Crippen LogP contribution in [-0.2, 0) is 14.3 Å². The van der Waals surface area contributed by atoms with Crippen LogP contribution in [0.25, 0.3) is 0 Å². The van der Waals surface area contributed by atoms with Crippen LogP contribution in [0, 0.1) is 0 Å². The van der Waals surface area contributed by atoms with Crippen molar-refractivity contribution in [2.75, 3.05) is 31.7 Å². The van der Waals surface area contributed by atoms with Crippen molar-refractivity contribution in [3.05, 3.63) is 24.3 Å². The van der Waals surface area contributed by atoms with Crippen molar-refractivity contribution in [2.45, 2.75) is 25.3 Å². The van der Waals surface area contributed by atoms with E-state index in [0.29, 0.717) is 38.3 Å². The largest absolute Gasteiger partial charge is 0.494 e. The second kappa shape index (κ2) is 9.46. The topological polar surface area (TPSA) is 103 Å². The van der Waals surface area contributed by atoms with E-state index in [4.69, 9.17) is 15.2 Å². The first kappa shape index (κ1) is 20.2. The van der Waals surface area contributed by atoms with Crippen LogP contribution in [-0.4, -0.2) is 43.7 Å². The van der Waals surface area contributed by atoms with Gasteiger partial charge in [-0.05, 0) is 44.0 Å². The SMILES string of the molecule is CCOc1ccc(NC(=O)CNC(=O)C2(N)CCOCC2)cc1.Cl. The highest BCUT2D eigenvalue weighted by atomic mass is 35.5. The van der Waals surface area contributed by atoms with Crippen LogP contribution in [0.15, 0.2) is 24.3 Å². The predicted molar refractivity (Wildman–Crippen MR) is 93.5 cm³/mol. The molecule has 1 aliphatic heterocycles. The molecule has 0 aliphatic carbocycles. The summed E-state index contributed by atoms with van der Waals surface area (Å²) in [6.45, 7) is 3.29. The first-order chi connectivity index (χ1) is 11.0. The Hall–Kier alpha value is -1.83. The molecule has 134 valence electrons. The number of halogens is 1. The van der Waals surface area contributed by atoms with Crippen molar-refractivity contribution in [1.82, 2.24) is 5.32 Å². The molecule has 0 spiro atoms. The van der Waals surface area contributed by atoms with Gasteiger partial charge >= 0.3 is 0 Å². The predicted octanol–water partition coefficient (Wildman–Crippen LogP) is 1.07. The third kappa shape index (κ3) is 5.67. The molecule has 24 heavy (non-hydrogen) atoms. The number of anilines is 1. The maximum atomic E-state index is 12.1. The van der Waals surface area contributed by atoms with E-state index in [9.17, 15) is 9.59 Å². The van der Waals surface area contributed by atoms with E-state index in [1.807, 2.05) is 6.92 Å². The van der Waals surface area contributed by atoms with Gasteiger partial charge < -0.3 is 25.8 Å². The van der Waals surface area contributed by atoms with E-state index >= 15 is 0 Å². The first-order valence-electron chi connectivity index (χ1n) is 7.71. The van der Waals surface area contributed by atoms with Crippen LogP contribution < -0.4 is 21.1 Å². The minimum absolute atomic E-state index is 0. The summed E-state index contributed by atoms with van der Waals surface area (Å²) in [5.74, 6) is 0.115. The summed E-state index contributed by atoms with van der Waals surface area (Å²) in [5, 5.41) is 5.30. The highest BCUT2D eigenvalue weighted by molar-refractivity contribution is 5.96. The van der Waals surface area contributed by atoms with E-state index in [0.717, 1.165) is 5.75 Å². The lowest BCUT2D eigenvalue weighted by molar-refractivity contribution is -0.131. The van der Waals surface area contributed by atoms with Gasteiger partial charge in [0.05, 0.1) is 18.7 Å². The van der Waals surface area contributed by atoms with Crippen molar-refractivity contribution >= 4 is 29.9 Å². The Bertz CT molecular complexity index is 545. The number of hydrogen-bond acceptors (Lipinski definition) is 5. The second-order valence-electron chi connectivity index (χ2n) is 5.46.